The third kappa shape index (κ3) is 5.87. The van der Waals surface area contributed by atoms with Gasteiger partial charge in [-0.1, -0.05) is 54.6 Å². The van der Waals surface area contributed by atoms with E-state index < -0.39 is 11.4 Å². The number of hydrogen-bond acceptors (Lipinski definition) is 7. The van der Waals surface area contributed by atoms with Gasteiger partial charge < -0.3 is 11.1 Å². The molecular formula is C13H18N4O2S3. The van der Waals surface area contributed by atoms with E-state index in [9.17, 15) is 9.59 Å². The molecule has 0 fully saturated rings. The van der Waals surface area contributed by atoms with E-state index >= 15 is 0 Å². The lowest BCUT2D eigenvalue weighted by molar-refractivity contribution is -0.120. The van der Waals surface area contributed by atoms with Crippen molar-refractivity contribution in [1.82, 2.24) is 15.5 Å². The van der Waals surface area contributed by atoms with E-state index in [1.54, 1.807) is 0 Å². The second-order valence-corrected chi connectivity index (χ2v) is 7.78. The number of rotatable bonds is 9. The van der Waals surface area contributed by atoms with Gasteiger partial charge in [0.05, 0.1) is 11.5 Å². The molecule has 2 amide bonds. The second-order valence-electron chi connectivity index (χ2n) is 4.36. The van der Waals surface area contributed by atoms with Gasteiger partial charge >= 0.3 is 0 Å². The Morgan fingerprint density at radius 3 is 2.27 bits per heavy atom. The van der Waals surface area contributed by atoms with Gasteiger partial charge in [-0.2, -0.15) is 0 Å². The van der Waals surface area contributed by atoms with Gasteiger partial charge in [-0.15, -0.1) is 16.6 Å². The van der Waals surface area contributed by atoms with Crippen LogP contribution in [-0.4, -0.2) is 39.1 Å². The van der Waals surface area contributed by atoms with Crippen LogP contribution >= 0.6 is 34.9 Å². The first-order chi connectivity index (χ1) is 10.4. The molecule has 9 heteroatoms. The molecular weight excluding hydrogens is 340 g/mol. The molecule has 0 aliphatic carbocycles. The highest BCUT2D eigenvalue weighted by molar-refractivity contribution is 8.03. The number of nitrogens with one attached hydrogen (secondary N) is 1. The highest BCUT2D eigenvalue weighted by Crippen LogP contribution is 2.28. The van der Waals surface area contributed by atoms with Crippen LogP contribution in [0.1, 0.15) is 26.7 Å². The Labute approximate surface area is 142 Å². The third-order valence-corrected chi connectivity index (χ3v) is 6.13. The summed E-state index contributed by atoms with van der Waals surface area (Å²) in [4.78, 5) is 22.7. The topological polar surface area (TPSA) is 98.0 Å². The zero-order valence-corrected chi connectivity index (χ0v) is 14.9. The summed E-state index contributed by atoms with van der Waals surface area (Å²) in [6.07, 6.45) is 6.88. The molecule has 0 aliphatic heterocycles. The molecule has 0 unspecified atom stereocenters. The maximum atomic E-state index is 12.0. The van der Waals surface area contributed by atoms with E-state index in [-0.39, 0.29) is 17.4 Å². The molecule has 6 nitrogen and oxygen atoms in total. The van der Waals surface area contributed by atoms with E-state index in [4.69, 9.17) is 12.2 Å². The van der Waals surface area contributed by atoms with Crippen LogP contribution in [0, 0.1) is 12.3 Å². The third-order valence-electron chi connectivity index (χ3n) is 2.91. The lowest BCUT2D eigenvalue weighted by atomic mass is 9.94. The summed E-state index contributed by atoms with van der Waals surface area (Å²) in [5, 5.41) is 10.8. The van der Waals surface area contributed by atoms with E-state index in [1.807, 2.05) is 13.8 Å². The molecule has 1 aromatic heterocycles. The first kappa shape index (κ1) is 18.8. The zero-order valence-electron chi connectivity index (χ0n) is 12.4. The van der Waals surface area contributed by atoms with Crippen molar-refractivity contribution < 1.29 is 9.59 Å². The summed E-state index contributed by atoms with van der Waals surface area (Å²) >= 11 is 3.85. The molecule has 22 heavy (non-hydrogen) atoms. The molecule has 0 saturated carbocycles. The van der Waals surface area contributed by atoms with Crippen LogP contribution < -0.4 is 11.1 Å². The van der Waals surface area contributed by atoms with Crippen molar-refractivity contribution in [3.63, 3.8) is 0 Å². The molecule has 0 radical (unpaired) electrons. The monoisotopic (exact) mass is 358 g/mol. The minimum Gasteiger partial charge on any atom is -0.369 e. The number of primary amides is 1. The Balaban J connectivity index is 2.48. The Kier molecular flexibility index (Phi) is 7.72. The lowest BCUT2D eigenvalue weighted by Gasteiger charge is -2.26. The highest BCUT2D eigenvalue weighted by Gasteiger charge is 2.25. The van der Waals surface area contributed by atoms with Crippen LogP contribution in [0.3, 0.4) is 0 Å². The molecule has 1 aromatic rings. The largest absolute Gasteiger partial charge is 0.369 e. The first-order valence-corrected chi connectivity index (χ1v) is 9.39. The fourth-order valence-corrected chi connectivity index (χ4v) is 4.10. The maximum absolute atomic E-state index is 12.0. The minimum atomic E-state index is -0.582. The number of terminal acetylenes is 1. The van der Waals surface area contributed by atoms with Gasteiger partial charge in [-0.3, -0.25) is 9.59 Å². The quantitative estimate of drug-likeness (QED) is 0.513. The lowest BCUT2D eigenvalue weighted by Crippen LogP contribution is -2.47. The molecule has 0 atom stereocenters. The Morgan fingerprint density at radius 1 is 1.27 bits per heavy atom. The fourth-order valence-electron chi connectivity index (χ4n) is 1.54. The van der Waals surface area contributed by atoms with Crippen molar-refractivity contribution >= 4 is 46.7 Å². The first-order valence-electron chi connectivity index (χ1n) is 6.61. The van der Waals surface area contributed by atoms with Gasteiger partial charge in [0.1, 0.15) is 5.54 Å². The Bertz CT molecular complexity index is 564. The number of amides is 2. The van der Waals surface area contributed by atoms with Crippen molar-refractivity contribution in [2.75, 3.05) is 11.5 Å². The normalized spacial score (nSPS) is 11.0. The standard InChI is InChI=1S/C13H18N4O2S3/c1-4-13(5-2,6-3)15-10(19)8-21-12-17-16-11(22-12)20-7-9(14)18/h1H,5-8H2,2-3H3,(H2,14,18)(H,15,19). The number of nitrogens with two attached hydrogens (primary N) is 1. The van der Waals surface area contributed by atoms with Gasteiger partial charge in [-0.05, 0) is 12.8 Å². The molecule has 1 rings (SSSR count). The van der Waals surface area contributed by atoms with E-state index in [1.165, 1.54) is 34.9 Å². The Morgan fingerprint density at radius 2 is 1.82 bits per heavy atom. The van der Waals surface area contributed by atoms with Crippen molar-refractivity contribution in [2.24, 2.45) is 5.73 Å². The number of aromatic nitrogens is 2. The number of hydrogen-bond donors (Lipinski definition) is 2. The van der Waals surface area contributed by atoms with Crippen molar-refractivity contribution in [3.05, 3.63) is 0 Å². The number of carbonyl (C=O) groups excluding carboxylic acids is 2. The zero-order chi connectivity index (χ0) is 16.6. The van der Waals surface area contributed by atoms with Crippen LogP contribution in [0.25, 0.3) is 0 Å². The summed E-state index contributed by atoms with van der Waals surface area (Å²) in [6.45, 7) is 3.90. The van der Waals surface area contributed by atoms with Crippen LogP contribution in [0.2, 0.25) is 0 Å². The molecule has 120 valence electrons. The van der Waals surface area contributed by atoms with Gasteiger partial charge in [0.2, 0.25) is 11.8 Å². The summed E-state index contributed by atoms with van der Waals surface area (Å²) in [5.41, 5.74) is 4.48. The van der Waals surface area contributed by atoms with E-state index in [0.717, 1.165) is 0 Å². The average Bonchev–Trinajstić information content (AvgIpc) is 2.97. The van der Waals surface area contributed by atoms with Gasteiger partial charge in [0, 0.05) is 0 Å². The fraction of sp³-hybridized carbons (Fsp3) is 0.538. The molecule has 1 heterocycles. The molecule has 0 aromatic carbocycles. The van der Waals surface area contributed by atoms with Gasteiger partial charge in [0.25, 0.3) is 0 Å². The van der Waals surface area contributed by atoms with Gasteiger partial charge in [0.15, 0.2) is 8.68 Å². The molecule has 3 N–H and O–H groups in total. The molecule has 0 saturated heterocycles. The maximum Gasteiger partial charge on any atom is 0.231 e. The Hall–Kier alpha value is -1.24. The SMILES string of the molecule is C#CC(CC)(CC)NC(=O)CSc1nnc(SCC(N)=O)s1. The second kappa shape index (κ2) is 9.02. The highest BCUT2D eigenvalue weighted by atomic mass is 32.2. The summed E-state index contributed by atoms with van der Waals surface area (Å²) in [7, 11) is 0. The van der Waals surface area contributed by atoms with E-state index in [2.05, 4.69) is 21.4 Å². The summed E-state index contributed by atoms with van der Waals surface area (Å²) in [5.74, 6) is 2.51. The predicted molar refractivity (Wildman–Crippen MR) is 90.8 cm³/mol. The summed E-state index contributed by atoms with van der Waals surface area (Å²) in [6, 6.07) is 0. The predicted octanol–water partition coefficient (Wildman–Crippen LogP) is 1.52. The number of carbonyl (C=O) groups is 2. The molecule has 0 spiro atoms. The van der Waals surface area contributed by atoms with Gasteiger partial charge in [-0.25, -0.2) is 0 Å². The number of thioether (sulfide) groups is 2. The van der Waals surface area contributed by atoms with Crippen LogP contribution in [0.5, 0.6) is 0 Å². The molecule has 0 bridgehead atoms. The smallest absolute Gasteiger partial charge is 0.231 e. The van der Waals surface area contributed by atoms with Crippen LogP contribution in [0.15, 0.2) is 8.68 Å². The molecule has 0 aliphatic rings. The van der Waals surface area contributed by atoms with E-state index in [0.29, 0.717) is 21.5 Å². The minimum absolute atomic E-state index is 0.131. The van der Waals surface area contributed by atoms with Crippen molar-refractivity contribution in [1.29, 1.82) is 0 Å². The van der Waals surface area contributed by atoms with Crippen LogP contribution in [-0.2, 0) is 9.59 Å². The van der Waals surface area contributed by atoms with Crippen LogP contribution in [0.4, 0.5) is 0 Å². The van der Waals surface area contributed by atoms with Crippen molar-refractivity contribution in [2.45, 2.75) is 40.9 Å². The average molecular weight is 359 g/mol. The summed E-state index contributed by atoms with van der Waals surface area (Å²) < 4.78 is 1.32. The van der Waals surface area contributed by atoms with Crippen molar-refractivity contribution in [3.8, 4) is 12.3 Å². The number of nitrogens with zero attached hydrogens (tertiary/aromatic N) is 2.